The number of aryl methyl sites for hydroxylation is 1. The molecule has 2 aromatic rings. The highest BCUT2D eigenvalue weighted by Gasteiger charge is 2.37. The van der Waals surface area contributed by atoms with Crippen LogP contribution in [0, 0.1) is 12.8 Å². The van der Waals surface area contributed by atoms with Crippen LogP contribution >= 0.6 is 0 Å². The van der Waals surface area contributed by atoms with Crippen LogP contribution in [0.1, 0.15) is 25.8 Å². The predicted octanol–water partition coefficient (Wildman–Crippen LogP) is 3.32. The van der Waals surface area contributed by atoms with E-state index in [0.29, 0.717) is 18.0 Å². The predicted molar refractivity (Wildman–Crippen MR) is 113 cm³/mol. The first-order valence-electron chi connectivity index (χ1n) is 9.98. The Labute approximate surface area is 176 Å². The van der Waals surface area contributed by atoms with Crippen molar-refractivity contribution < 1.29 is 23.9 Å². The van der Waals surface area contributed by atoms with Crippen molar-refractivity contribution in [3.05, 3.63) is 54.1 Å². The maximum absolute atomic E-state index is 12.5. The third-order valence-electron chi connectivity index (χ3n) is 4.90. The number of hydrogen-bond donors (Lipinski definition) is 1. The normalized spacial score (nSPS) is 16.8. The Morgan fingerprint density at radius 3 is 2.43 bits per heavy atom. The molecule has 1 N–H and O–H groups in total. The van der Waals surface area contributed by atoms with Gasteiger partial charge < -0.3 is 19.7 Å². The maximum Gasteiger partial charge on any atom is 0.312 e. The molecule has 0 aliphatic carbocycles. The minimum atomic E-state index is -0.979. The summed E-state index contributed by atoms with van der Waals surface area (Å²) in [5.74, 6) is -1.01. The molecule has 7 nitrogen and oxygen atoms in total. The lowest BCUT2D eigenvalue weighted by Crippen LogP contribution is -2.33. The molecule has 158 valence electrons. The van der Waals surface area contributed by atoms with Gasteiger partial charge in [0.15, 0.2) is 6.10 Å². The monoisotopic (exact) mass is 410 g/mol. The van der Waals surface area contributed by atoms with Crippen LogP contribution in [0.25, 0.3) is 0 Å². The molecule has 1 aliphatic heterocycles. The second-order valence-electron chi connectivity index (χ2n) is 7.27. The minimum absolute atomic E-state index is 0.0694. The molecule has 30 heavy (non-hydrogen) atoms. The van der Waals surface area contributed by atoms with E-state index in [1.807, 2.05) is 38.1 Å². The van der Waals surface area contributed by atoms with Gasteiger partial charge in [-0.2, -0.15) is 0 Å². The van der Waals surface area contributed by atoms with Gasteiger partial charge in [-0.3, -0.25) is 14.4 Å². The summed E-state index contributed by atoms with van der Waals surface area (Å²) in [5, 5.41) is 2.71. The molecule has 2 atom stereocenters. The fourth-order valence-corrected chi connectivity index (χ4v) is 3.21. The zero-order valence-corrected chi connectivity index (χ0v) is 17.4. The van der Waals surface area contributed by atoms with Crippen molar-refractivity contribution in [2.24, 2.45) is 5.92 Å². The van der Waals surface area contributed by atoms with E-state index >= 15 is 0 Å². The number of ether oxygens (including phenoxy) is 2. The smallest absolute Gasteiger partial charge is 0.312 e. The molecule has 0 bridgehead atoms. The number of esters is 1. The summed E-state index contributed by atoms with van der Waals surface area (Å²) in [7, 11) is 0. The van der Waals surface area contributed by atoms with E-state index in [1.54, 1.807) is 29.2 Å². The van der Waals surface area contributed by atoms with Crippen LogP contribution in [-0.4, -0.2) is 37.0 Å². The molecular weight excluding hydrogens is 384 g/mol. The van der Waals surface area contributed by atoms with Gasteiger partial charge in [0.2, 0.25) is 5.91 Å². The summed E-state index contributed by atoms with van der Waals surface area (Å²) in [5.41, 5.74) is 2.42. The van der Waals surface area contributed by atoms with Gasteiger partial charge in [-0.15, -0.1) is 0 Å². The van der Waals surface area contributed by atoms with Gasteiger partial charge in [-0.1, -0.05) is 17.7 Å². The first-order chi connectivity index (χ1) is 14.4. The zero-order valence-electron chi connectivity index (χ0n) is 17.4. The molecule has 0 spiro atoms. The van der Waals surface area contributed by atoms with Crippen molar-refractivity contribution in [3.8, 4) is 5.75 Å². The number of rotatable bonds is 7. The fourth-order valence-electron chi connectivity index (χ4n) is 3.21. The quantitative estimate of drug-likeness (QED) is 0.708. The highest BCUT2D eigenvalue weighted by atomic mass is 16.5. The molecule has 3 rings (SSSR count). The lowest BCUT2D eigenvalue weighted by atomic mass is 10.1. The number of anilines is 2. The third-order valence-corrected chi connectivity index (χ3v) is 4.90. The number of hydrogen-bond acceptors (Lipinski definition) is 5. The molecule has 2 aromatic carbocycles. The number of carbonyl (C=O) groups excluding carboxylic acids is 3. The van der Waals surface area contributed by atoms with Gasteiger partial charge in [-0.25, -0.2) is 0 Å². The zero-order chi connectivity index (χ0) is 21.7. The second kappa shape index (κ2) is 9.43. The van der Waals surface area contributed by atoms with Gasteiger partial charge in [0.25, 0.3) is 5.91 Å². The van der Waals surface area contributed by atoms with Crippen LogP contribution in [0.3, 0.4) is 0 Å². The van der Waals surface area contributed by atoms with Crippen LogP contribution in [0.2, 0.25) is 0 Å². The van der Waals surface area contributed by atoms with E-state index in [1.165, 1.54) is 6.92 Å². The van der Waals surface area contributed by atoms with Crippen LogP contribution in [0.4, 0.5) is 11.4 Å². The van der Waals surface area contributed by atoms with E-state index in [4.69, 9.17) is 9.47 Å². The molecule has 2 amide bonds. The Bertz CT molecular complexity index is 908. The SMILES string of the molecule is CCOc1ccc(NC(=O)[C@H](C)OC(=O)[C@H]2CC(=O)N(c3ccc(C)cc3)C2)cc1. The number of benzene rings is 2. The topological polar surface area (TPSA) is 84.9 Å². The standard InChI is InChI=1S/C23H26N2O5/c1-4-29-20-11-7-18(8-12-20)24-22(27)16(3)30-23(28)17-13-21(26)25(14-17)19-9-5-15(2)6-10-19/h5-12,16-17H,4,13-14H2,1-3H3,(H,24,27)/t16-,17-/m0/s1. The van der Waals surface area contributed by atoms with Crippen molar-refractivity contribution in [1.82, 2.24) is 0 Å². The van der Waals surface area contributed by atoms with Crippen LogP contribution < -0.4 is 15.0 Å². The summed E-state index contributed by atoms with van der Waals surface area (Å²) in [4.78, 5) is 38.8. The minimum Gasteiger partial charge on any atom is -0.494 e. The number of carbonyl (C=O) groups is 3. The Balaban J connectivity index is 1.54. The van der Waals surface area contributed by atoms with Gasteiger partial charge in [-0.05, 0) is 57.2 Å². The molecule has 0 saturated carbocycles. The largest absolute Gasteiger partial charge is 0.494 e. The fraction of sp³-hybridized carbons (Fsp3) is 0.348. The average Bonchev–Trinajstić information content (AvgIpc) is 3.12. The van der Waals surface area contributed by atoms with Crippen molar-refractivity contribution >= 4 is 29.2 Å². The van der Waals surface area contributed by atoms with Crippen LogP contribution in [0.5, 0.6) is 5.75 Å². The van der Waals surface area contributed by atoms with Crippen molar-refractivity contribution in [1.29, 1.82) is 0 Å². The van der Waals surface area contributed by atoms with E-state index in [9.17, 15) is 14.4 Å². The summed E-state index contributed by atoms with van der Waals surface area (Å²) in [6.07, 6.45) is -0.910. The Morgan fingerprint density at radius 1 is 1.13 bits per heavy atom. The average molecular weight is 410 g/mol. The molecule has 7 heteroatoms. The lowest BCUT2D eigenvalue weighted by Gasteiger charge is -2.18. The summed E-state index contributed by atoms with van der Waals surface area (Å²) in [6, 6.07) is 14.5. The maximum atomic E-state index is 12.5. The van der Waals surface area contributed by atoms with E-state index in [2.05, 4.69) is 5.32 Å². The van der Waals surface area contributed by atoms with Gasteiger partial charge in [0.1, 0.15) is 5.75 Å². The van der Waals surface area contributed by atoms with Gasteiger partial charge >= 0.3 is 5.97 Å². The third kappa shape index (κ3) is 5.17. The second-order valence-corrected chi connectivity index (χ2v) is 7.27. The van der Waals surface area contributed by atoms with E-state index < -0.39 is 23.9 Å². The number of nitrogens with zero attached hydrogens (tertiary/aromatic N) is 1. The van der Waals surface area contributed by atoms with Gasteiger partial charge in [0, 0.05) is 24.3 Å². The first kappa shape index (κ1) is 21.4. The molecule has 0 aromatic heterocycles. The molecular formula is C23H26N2O5. The first-order valence-corrected chi connectivity index (χ1v) is 9.98. The van der Waals surface area contributed by atoms with Crippen LogP contribution in [0.15, 0.2) is 48.5 Å². The van der Waals surface area contributed by atoms with Crippen LogP contribution in [-0.2, 0) is 19.1 Å². The summed E-state index contributed by atoms with van der Waals surface area (Å²) < 4.78 is 10.7. The molecule has 0 radical (unpaired) electrons. The molecule has 0 unspecified atom stereocenters. The Hall–Kier alpha value is -3.35. The van der Waals surface area contributed by atoms with E-state index in [0.717, 1.165) is 11.3 Å². The van der Waals surface area contributed by atoms with Crippen molar-refractivity contribution in [3.63, 3.8) is 0 Å². The van der Waals surface area contributed by atoms with E-state index in [-0.39, 0.29) is 18.9 Å². The molecule has 1 heterocycles. The highest BCUT2D eigenvalue weighted by molar-refractivity contribution is 6.00. The molecule has 1 saturated heterocycles. The Morgan fingerprint density at radius 2 is 1.80 bits per heavy atom. The van der Waals surface area contributed by atoms with Gasteiger partial charge in [0.05, 0.1) is 12.5 Å². The summed E-state index contributed by atoms with van der Waals surface area (Å²) in [6.45, 7) is 6.17. The molecule has 1 aliphatic rings. The number of nitrogens with one attached hydrogen (secondary N) is 1. The Kier molecular flexibility index (Phi) is 6.72. The lowest BCUT2D eigenvalue weighted by molar-refractivity contribution is -0.157. The highest BCUT2D eigenvalue weighted by Crippen LogP contribution is 2.26. The summed E-state index contributed by atoms with van der Waals surface area (Å²) >= 11 is 0. The van der Waals surface area contributed by atoms with Crippen molar-refractivity contribution in [2.75, 3.05) is 23.4 Å². The number of amides is 2. The van der Waals surface area contributed by atoms with Crippen molar-refractivity contribution in [2.45, 2.75) is 33.3 Å². The molecule has 1 fully saturated rings.